The maximum Gasteiger partial charge on any atom is 0.0893 e. The number of anilines is 1. The molecule has 58 valence electrons. The monoisotopic (exact) mass is 212 g/mol. The molecule has 0 radical (unpaired) electrons. The standard InChI is InChI=1S/C8H9BrN2/c1-5(2)8-7(10)6(9)3-4-11-8/h3-4H,1,10H2,2H3. The molecule has 0 aliphatic heterocycles. The summed E-state index contributed by atoms with van der Waals surface area (Å²) in [6.07, 6.45) is 1.70. The van der Waals surface area contributed by atoms with Crippen LogP contribution in [0.25, 0.3) is 5.57 Å². The summed E-state index contributed by atoms with van der Waals surface area (Å²) in [7, 11) is 0. The largest absolute Gasteiger partial charge is 0.396 e. The Morgan fingerprint density at radius 3 is 2.82 bits per heavy atom. The summed E-state index contributed by atoms with van der Waals surface area (Å²) in [5.74, 6) is 0. The Labute approximate surface area is 74.3 Å². The molecule has 0 aliphatic carbocycles. The van der Waals surface area contributed by atoms with Crippen LogP contribution in [0.2, 0.25) is 0 Å². The van der Waals surface area contributed by atoms with Crippen molar-refractivity contribution < 1.29 is 0 Å². The van der Waals surface area contributed by atoms with Gasteiger partial charge in [-0.15, -0.1) is 0 Å². The van der Waals surface area contributed by atoms with Gasteiger partial charge in [0.2, 0.25) is 0 Å². The van der Waals surface area contributed by atoms with Crippen LogP contribution in [-0.4, -0.2) is 4.98 Å². The van der Waals surface area contributed by atoms with Gasteiger partial charge in [0.25, 0.3) is 0 Å². The van der Waals surface area contributed by atoms with Crippen LogP contribution in [0.4, 0.5) is 5.69 Å². The van der Waals surface area contributed by atoms with Crippen molar-refractivity contribution in [2.75, 3.05) is 5.73 Å². The highest BCUT2D eigenvalue weighted by molar-refractivity contribution is 9.10. The molecule has 3 heteroatoms. The van der Waals surface area contributed by atoms with E-state index in [9.17, 15) is 0 Å². The van der Waals surface area contributed by atoms with Crippen molar-refractivity contribution in [1.29, 1.82) is 0 Å². The summed E-state index contributed by atoms with van der Waals surface area (Å²) in [6.45, 7) is 5.64. The minimum atomic E-state index is 0.653. The molecule has 2 nitrogen and oxygen atoms in total. The van der Waals surface area contributed by atoms with E-state index >= 15 is 0 Å². The number of allylic oxidation sites excluding steroid dienone is 1. The molecule has 0 saturated heterocycles. The molecule has 0 aliphatic rings. The summed E-state index contributed by atoms with van der Waals surface area (Å²) in [4.78, 5) is 4.08. The van der Waals surface area contributed by atoms with Crippen molar-refractivity contribution in [3.8, 4) is 0 Å². The molecule has 1 heterocycles. The molecule has 0 spiro atoms. The van der Waals surface area contributed by atoms with Crippen molar-refractivity contribution in [1.82, 2.24) is 4.98 Å². The molecule has 0 fully saturated rings. The zero-order valence-corrected chi connectivity index (χ0v) is 7.85. The van der Waals surface area contributed by atoms with Crippen LogP contribution >= 0.6 is 15.9 Å². The highest BCUT2D eigenvalue weighted by Gasteiger charge is 2.03. The van der Waals surface area contributed by atoms with Crippen LogP contribution in [0.5, 0.6) is 0 Å². The van der Waals surface area contributed by atoms with Gasteiger partial charge in [-0.25, -0.2) is 0 Å². The predicted octanol–water partition coefficient (Wildman–Crippen LogP) is 2.46. The molecule has 0 bridgehead atoms. The maximum absolute atomic E-state index is 5.71. The third-order valence-electron chi connectivity index (χ3n) is 1.34. The number of nitrogens with two attached hydrogens (primary N) is 1. The number of nitrogens with zero attached hydrogens (tertiary/aromatic N) is 1. The summed E-state index contributed by atoms with van der Waals surface area (Å²) < 4.78 is 0.866. The first-order chi connectivity index (χ1) is 5.13. The summed E-state index contributed by atoms with van der Waals surface area (Å²) in [6, 6.07) is 1.81. The molecular weight excluding hydrogens is 204 g/mol. The third kappa shape index (κ3) is 1.60. The Hall–Kier alpha value is -0.830. The molecule has 0 unspecified atom stereocenters. The fourth-order valence-electron chi connectivity index (χ4n) is 0.790. The normalized spacial score (nSPS) is 9.64. The van der Waals surface area contributed by atoms with Crippen molar-refractivity contribution in [2.24, 2.45) is 0 Å². The zero-order chi connectivity index (χ0) is 8.43. The second-order valence-electron chi connectivity index (χ2n) is 2.34. The number of halogens is 1. The fraction of sp³-hybridized carbons (Fsp3) is 0.125. The van der Waals surface area contributed by atoms with E-state index in [1.807, 2.05) is 13.0 Å². The lowest BCUT2D eigenvalue weighted by Crippen LogP contribution is -1.95. The van der Waals surface area contributed by atoms with Gasteiger partial charge >= 0.3 is 0 Å². The lowest BCUT2D eigenvalue weighted by Gasteiger charge is -2.03. The topological polar surface area (TPSA) is 38.9 Å². The van der Waals surface area contributed by atoms with Gasteiger partial charge in [0.1, 0.15) is 0 Å². The SMILES string of the molecule is C=C(C)c1nccc(Br)c1N. The molecule has 1 rings (SSSR count). The smallest absolute Gasteiger partial charge is 0.0893 e. The number of aromatic nitrogens is 1. The van der Waals surface area contributed by atoms with Crippen LogP contribution in [0, 0.1) is 0 Å². The van der Waals surface area contributed by atoms with Gasteiger partial charge in [-0.1, -0.05) is 6.58 Å². The van der Waals surface area contributed by atoms with E-state index in [0.29, 0.717) is 5.69 Å². The van der Waals surface area contributed by atoms with Crippen molar-refractivity contribution in [2.45, 2.75) is 6.92 Å². The van der Waals surface area contributed by atoms with E-state index in [4.69, 9.17) is 5.73 Å². The van der Waals surface area contributed by atoms with Crippen LogP contribution < -0.4 is 5.73 Å². The van der Waals surface area contributed by atoms with E-state index in [0.717, 1.165) is 15.7 Å². The van der Waals surface area contributed by atoms with E-state index in [2.05, 4.69) is 27.5 Å². The molecule has 0 aromatic carbocycles. The second kappa shape index (κ2) is 3.05. The van der Waals surface area contributed by atoms with Gasteiger partial charge in [-0.05, 0) is 34.5 Å². The zero-order valence-electron chi connectivity index (χ0n) is 6.26. The first-order valence-electron chi connectivity index (χ1n) is 3.19. The van der Waals surface area contributed by atoms with Gasteiger partial charge in [-0.3, -0.25) is 4.98 Å². The van der Waals surface area contributed by atoms with E-state index in [1.165, 1.54) is 0 Å². The first-order valence-corrected chi connectivity index (χ1v) is 3.98. The highest BCUT2D eigenvalue weighted by Crippen LogP contribution is 2.24. The summed E-state index contributed by atoms with van der Waals surface area (Å²) in [5.41, 5.74) is 8.01. The second-order valence-corrected chi connectivity index (χ2v) is 3.19. The minimum absolute atomic E-state index is 0.653. The van der Waals surface area contributed by atoms with Gasteiger partial charge in [0, 0.05) is 10.7 Å². The first kappa shape index (κ1) is 8.27. The Balaban J connectivity index is 3.27. The maximum atomic E-state index is 5.71. The molecule has 11 heavy (non-hydrogen) atoms. The lowest BCUT2D eigenvalue weighted by atomic mass is 10.2. The lowest BCUT2D eigenvalue weighted by molar-refractivity contribution is 1.26. The molecule has 2 N–H and O–H groups in total. The molecule has 0 amide bonds. The van der Waals surface area contributed by atoms with E-state index in [-0.39, 0.29) is 0 Å². The van der Waals surface area contributed by atoms with Crippen LogP contribution in [0.3, 0.4) is 0 Å². The van der Waals surface area contributed by atoms with E-state index in [1.54, 1.807) is 6.20 Å². The average molecular weight is 213 g/mol. The van der Waals surface area contributed by atoms with E-state index < -0.39 is 0 Å². The van der Waals surface area contributed by atoms with Gasteiger partial charge in [0.05, 0.1) is 11.4 Å². The number of pyridine rings is 1. The number of nitrogen functional groups attached to an aromatic ring is 1. The Kier molecular flexibility index (Phi) is 2.29. The molecule has 0 saturated carbocycles. The minimum Gasteiger partial charge on any atom is -0.396 e. The number of rotatable bonds is 1. The van der Waals surface area contributed by atoms with Gasteiger partial charge < -0.3 is 5.73 Å². The Morgan fingerprint density at radius 1 is 1.73 bits per heavy atom. The molecular formula is C8H9BrN2. The molecule has 0 atom stereocenters. The number of hydrogen-bond donors (Lipinski definition) is 1. The predicted molar refractivity (Wildman–Crippen MR) is 51.1 cm³/mol. The highest BCUT2D eigenvalue weighted by atomic mass is 79.9. The van der Waals surface area contributed by atoms with Crippen LogP contribution in [-0.2, 0) is 0 Å². The van der Waals surface area contributed by atoms with Crippen molar-refractivity contribution in [3.05, 3.63) is 29.0 Å². The van der Waals surface area contributed by atoms with Crippen molar-refractivity contribution >= 4 is 27.2 Å². The van der Waals surface area contributed by atoms with Crippen LogP contribution in [0.1, 0.15) is 12.6 Å². The van der Waals surface area contributed by atoms with Gasteiger partial charge in [-0.2, -0.15) is 0 Å². The Bertz CT molecular complexity index is 294. The fourth-order valence-corrected chi connectivity index (χ4v) is 1.10. The number of hydrogen-bond acceptors (Lipinski definition) is 2. The quantitative estimate of drug-likeness (QED) is 0.778. The molecule has 1 aromatic heterocycles. The van der Waals surface area contributed by atoms with Crippen molar-refractivity contribution in [3.63, 3.8) is 0 Å². The van der Waals surface area contributed by atoms with Crippen LogP contribution in [0.15, 0.2) is 23.3 Å². The summed E-state index contributed by atoms with van der Waals surface area (Å²) >= 11 is 3.31. The third-order valence-corrected chi connectivity index (χ3v) is 2.03. The Morgan fingerprint density at radius 2 is 2.36 bits per heavy atom. The summed E-state index contributed by atoms with van der Waals surface area (Å²) in [5, 5.41) is 0. The van der Waals surface area contributed by atoms with Gasteiger partial charge in [0.15, 0.2) is 0 Å². The average Bonchev–Trinajstić information content (AvgIpc) is 1.94. The molecule has 1 aromatic rings.